The molecule has 2 unspecified atom stereocenters. The molecule has 0 aromatic rings. The van der Waals surface area contributed by atoms with Gasteiger partial charge in [0.1, 0.15) is 0 Å². The molecule has 0 aromatic carbocycles. The molecule has 0 aliphatic carbocycles. The maximum atomic E-state index is 12.1. The van der Waals surface area contributed by atoms with Gasteiger partial charge in [0, 0.05) is 25.7 Å². The van der Waals surface area contributed by atoms with Crippen molar-refractivity contribution in [3.8, 4) is 0 Å². The summed E-state index contributed by atoms with van der Waals surface area (Å²) >= 11 is 0. The second-order valence-electron chi connectivity index (χ2n) is 6.25. The van der Waals surface area contributed by atoms with Gasteiger partial charge in [-0.3, -0.25) is 9.69 Å². The van der Waals surface area contributed by atoms with Crippen molar-refractivity contribution < 1.29 is 14.7 Å². The molecule has 0 saturated carbocycles. The van der Waals surface area contributed by atoms with E-state index in [9.17, 15) is 9.59 Å². The zero-order valence-electron chi connectivity index (χ0n) is 12.9. The molecule has 2 fully saturated rings. The molecule has 6 heteroatoms. The van der Waals surface area contributed by atoms with Crippen molar-refractivity contribution in [2.75, 3.05) is 32.7 Å². The van der Waals surface area contributed by atoms with Crippen molar-refractivity contribution >= 4 is 12.0 Å². The smallest absolute Gasteiger partial charge is 0.317 e. The Kier molecular flexibility index (Phi) is 5.85. The summed E-state index contributed by atoms with van der Waals surface area (Å²) in [6.07, 6.45) is 4.95. The van der Waals surface area contributed by atoms with Crippen LogP contribution in [0.25, 0.3) is 0 Å². The molecule has 2 N–H and O–H groups in total. The average Bonchev–Trinajstić information content (AvgIpc) is 3.12. The van der Waals surface area contributed by atoms with Crippen molar-refractivity contribution in [3.63, 3.8) is 0 Å². The Morgan fingerprint density at radius 3 is 2.67 bits per heavy atom. The van der Waals surface area contributed by atoms with Crippen LogP contribution < -0.4 is 5.32 Å². The number of hydrogen-bond acceptors (Lipinski definition) is 3. The predicted molar refractivity (Wildman–Crippen MR) is 80.2 cm³/mol. The molecule has 0 spiro atoms. The minimum atomic E-state index is -0.769. The summed E-state index contributed by atoms with van der Waals surface area (Å²) in [4.78, 5) is 27.2. The number of carboxylic acids is 1. The first-order chi connectivity index (χ1) is 10.1. The predicted octanol–water partition coefficient (Wildman–Crippen LogP) is 1.37. The van der Waals surface area contributed by atoms with E-state index in [1.165, 1.54) is 25.9 Å². The highest BCUT2D eigenvalue weighted by molar-refractivity contribution is 5.74. The fourth-order valence-corrected chi connectivity index (χ4v) is 3.17. The first kappa shape index (κ1) is 16.1. The van der Waals surface area contributed by atoms with Crippen LogP contribution in [0.1, 0.15) is 39.0 Å². The van der Waals surface area contributed by atoms with Gasteiger partial charge in [0.15, 0.2) is 0 Å². The molecule has 2 amide bonds. The van der Waals surface area contributed by atoms with Crippen LogP contribution in [0, 0.1) is 5.92 Å². The molecule has 2 aliphatic heterocycles. The monoisotopic (exact) mass is 297 g/mol. The lowest BCUT2D eigenvalue weighted by molar-refractivity contribution is -0.141. The molecule has 0 bridgehead atoms. The Bertz CT molecular complexity index is 369. The van der Waals surface area contributed by atoms with Crippen LogP contribution in [0.15, 0.2) is 0 Å². The fraction of sp³-hybridized carbons (Fsp3) is 0.867. The summed E-state index contributed by atoms with van der Waals surface area (Å²) in [5, 5.41) is 11.7. The SMILES string of the molecule is CC(CCCNC(=O)N1CCC(N2CCCC2)C1)C(=O)O. The summed E-state index contributed by atoms with van der Waals surface area (Å²) in [6.45, 7) is 6.27. The van der Waals surface area contributed by atoms with E-state index in [0.717, 1.165) is 19.5 Å². The van der Waals surface area contributed by atoms with Gasteiger partial charge < -0.3 is 15.3 Å². The minimum Gasteiger partial charge on any atom is -0.481 e. The van der Waals surface area contributed by atoms with E-state index in [4.69, 9.17) is 5.11 Å². The molecule has 2 aliphatic rings. The van der Waals surface area contributed by atoms with E-state index in [0.29, 0.717) is 25.4 Å². The normalized spacial score (nSPS) is 24.2. The molecule has 120 valence electrons. The van der Waals surface area contributed by atoms with E-state index in [-0.39, 0.29) is 11.9 Å². The largest absolute Gasteiger partial charge is 0.481 e. The van der Waals surface area contributed by atoms with Gasteiger partial charge in [0.25, 0.3) is 0 Å². The third kappa shape index (κ3) is 4.59. The Balaban J connectivity index is 1.62. The standard InChI is InChI=1S/C15H27N3O3/c1-12(14(19)20)5-4-7-16-15(21)18-10-6-13(11-18)17-8-2-3-9-17/h12-13H,2-11H2,1H3,(H,16,21)(H,19,20). The zero-order valence-corrected chi connectivity index (χ0v) is 12.9. The van der Waals surface area contributed by atoms with Gasteiger partial charge in [-0.1, -0.05) is 6.92 Å². The minimum absolute atomic E-state index is 0.000301. The molecule has 21 heavy (non-hydrogen) atoms. The zero-order chi connectivity index (χ0) is 15.2. The summed E-state index contributed by atoms with van der Waals surface area (Å²) in [7, 11) is 0. The number of amides is 2. The number of nitrogens with zero attached hydrogens (tertiary/aromatic N) is 2. The summed E-state index contributed by atoms with van der Waals surface area (Å²) in [6, 6.07) is 0.532. The van der Waals surface area contributed by atoms with Crippen molar-refractivity contribution in [2.24, 2.45) is 5.92 Å². The number of rotatable bonds is 6. The molecule has 2 saturated heterocycles. The van der Waals surface area contributed by atoms with Crippen molar-refractivity contribution in [1.29, 1.82) is 0 Å². The summed E-state index contributed by atoms with van der Waals surface area (Å²) in [5.41, 5.74) is 0. The number of hydrogen-bond donors (Lipinski definition) is 2. The first-order valence-electron chi connectivity index (χ1n) is 8.07. The Hall–Kier alpha value is -1.30. The molecule has 0 aromatic heterocycles. The van der Waals surface area contributed by atoms with Gasteiger partial charge in [-0.25, -0.2) is 4.79 Å². The number of carbonyl (C=O) groups excluding carboxylic acids is 1. The number of aliphatic carboxylic acids is 1. The van der Waals surface area contributed by atoms with Gasteiger partial charge >= 0.3 is 12.0 Å². The molecular weight excluding hydrogens is 270 g/mol. The average molecular weight is 297 g/mol. The fourth-order valence-electron chi connectivity index (χ4n) is 3.17. The van der Waals surface area contributed by atoms with Crippen LogP contribution in [-0.2, 0) is 4.79 Å². The van der Waals surface area contributed by atoms with Crippen molar-refractivity contribution in [1.82, 2.24) is 15.1 Å². The molecule has 0 radical (unpaired) electrons. The highest BCUT2D eigenvalue weighted by atomic mass is 16.4. The van der Waals surface area contributed by atoms with Crippen LogP contribution >= 0.6 is 0 Å². The number of carboxylic acid groups (broad SMARTS) is 1. The summed E-state index contributed by atoms with van der Waals surface area (Å²) < 4.78 is 0. The molecule has 6 nitrogen and oxygen atoms in total. The van der Waals surface area contributed by atoms with Gasteiger partial charge in [-0.15, -0.1) is 0 Å². The van der Waals surface area contributed by atoms with E-state index < -0.39 is 5.97 Å². The van der Waals surface area contributed by atoms with E-state index >= 15 is 0 Å². The van der Waals surface area contributed by atoms with Crippen LogP contribution in [-0.4, -0.2) is 65.7 Å². The third-order valence-electron chi connectivity index (χ3n) is 4.62. The highest BCUT2D eigenvalue weighted by Gasteiger charge is 2.31. The summed E-state index contributed by atoms with van der Waals surface area (Å²) in [5.74, 6) is -1.11. The van der Waals surface area contributed by atoms with E-state index in [1.54, 1.807) is 6.92 Å². The lowest BCUT2D eigenvalue weighted by Crippen LogP contribution is -2.41. The molecule has 2 rings (SSSR count). The van der Waals surface area contributed by atoms with Crippen molar-refractivity contribution in [3.05, 3.63) is 0 Å². The maximum absolute atomic E-state index is 12.1. The van der Waals surface area contributed by atoms with Crippen LogP contribution in [0.3, 0.4) is 0 Å². The third-order valence-corrected chi connectivity index (χ3v) is 4.62. The number of carbonyl (C=O) groups is 2. The van der Waals surface area contributed by atoms with Gasteiger partial charge in [0.2, 0.25) is 0 Å². The quantitative estimate of drug-likeness (QED) is 0.726. The molecule has 2 atom stereocenters. The highest BCUT2D eigenvalue weighted by Crippen LogP contribution is 2.20. The number of nitrogens with one attached hydrogen (secondary N) is 1. The lowest BCUT2D eigenvalue weighted by Gasteiger charge is -2.23. The van der Waals surface area contributed by atoms with Crippen molar-refractivity contribution in [2.45, 2.75) is 45.1 Å². The topological polar surface area (TPSA) is 72.9 Å². The maximum Gasteiger partial charge on any atom is 0.317 e. The lowest BCUT2D eigenvalue weighted by atomic mass is 10.1. The van der Waals surface area contributed by atoms with Gasteiger partial charge in [-0.05, 0) is 45.2 Å². The van der Waals surface area contributed by atoms with Crippen LogP contribution in [0.2, 0.25) is 0 Å². The second kappa shape index (κ2) is 7.64. The Morgan fingerprint density at radius 2 is 2.00 bits per heavy atom. The second-order valence-corrected chi connectivity index (χ2v) is 6.25. The van der Waals surface area contributed by atoms with E-state index in [2.05, 4.69) is 10.2 Å². The first-order valence-corrected chi connectivity index (χ1v) is 8.07. The molecule has 2 heterocycles. The Labute approximate surface area is 126 Å². The van der Waals surface area contributed by atoms with Crippen LogP contribution in [0.5, 0.6) is 0 Å². The van der Waals surface area contributed by atoms with E-state index in [1.807, 2.05) is 4.90 Å². The number of urea groups is 1. The molecular formula is C15H27N3O3. The van der Waals surface area contributed by atoms with Gasteiger partial charge in [-0.2, -0.15) is 0 Å². The van der Waals surface area contributed by atoms with Crippen LogP contribution in [0.4, 0.5) is 4.79 Å². The number of likely N-dealkylation sites (tertiary alicyclic amines) is 2. The Morgan fingerprint density at radius 1 is 1.29 bits per heavy atom. The van der Waals surface area contributed by atoms with Gasteiger partial charge in [0.05, 0.1) is 5.92 Å².